The molecule has 1 fully saturated rings. The van der Waals surface area contributed by atoms with Gasteiger partial charge in [0, 0.05) is 11.1 Å². The summed E-state index contributed by atoms with van der Waals surface area (Å²) >= 11 is 0. The van der Waals surface area contributed by atoms with Crippen molar-refractivity contribution in [1.82, 2.24) is 30.8 Å². The molecule has 47 heavy (non-hydrogen) atoms. The van der Waals surface area contributed by atoms with Gasteiger partial charge in [-0.1, -0.05) is 70.5 Å². The maximum Gasteiger partial charge on any atom is 0.416 e. The van der Waals surface area contributed by atoms with Crippen molar-refractivity contribution in [3.63, 3.8) is 0 Å². The van der Waals surface area contributed by atoms with Crippen LogP contribution in [0.15, 0.2) is 53.5 Å². The van der Waals surface area contributed by atoms with Crippen molar-refractivity contribution < 1.29 is 22.8 Å². The van der Waals surface area contributed by atoms with E-state index in [0.29, 0.717) is 42.5 Å². The number of alkyl halides is 3. The van der Waals surface area contributed by atoms with Gasteiger partial charge >= 0.3 is 6.18 Å². The summed E-state index contributed by atoms with van der Waals surface area (Å²) in [5.41, 5.74) is -0.0423. The van der Waals surface area contributed by atoms with Crippen LogP contribution in [0, 0.1) is 17.3 Å². The summed E-state index contributed by atoms with van der Waals surface area (Å²) in [7, 11) is 0. The van der Waals surface area contributed by atoms with Gasteiger partial charge in [-0.15, -0.1) is 10.2 Å². The molecule has 0 bridgehead atoms. The van der Waals surface area contributed by atoms with E-state index in [9.17, 15) is 22.8 Å². The molecule has 12 heteroatoms. The van der Waals surface area contributed by atoms with Crippen LogP contribution in [0.4, 0.5) is 13.2 Å². The van der Waals surface area contributed by atoms with Gasteiger partial charge in [0.25, 0.3) is 11.8 Å². The minimum Gasteiger partial charge on any atom is -0.345 e. The number of hydrogen-bond donors (Lipinski definition) is 2. The molecule has 1 aliphatic heterocycles. The number of nitrogens with zero attached hydrogens (tertiary/aromatic N) is 5. The molecule has 5 rings (SSSR count). The largest absolute Gasteiger partial charge is 0.416 e. The number of rotatable bonds is 10. The van der Waals surface area contributed by atoms with Crippen LogP contribution < -0.4 is 5.32 Å². The molecule has 1 aromatic heterocycles. The first-order chi connectivity index (χ1) is 22.2. The van der Waals surface area contributed by atoms with Crippen LogP contribution in [0.5, 0.6) is 0 Å². The fraction of sp³-hybridized carbons (Fsp3) is 0.543. The lowest BCUT2D eigenvalue weighted by Crippen LogP contribution is -2.51. The van der Waals surface area contributed by atoms with Crippen molar-refractivity contribution >= 4 is 17.5 Å². The number of hydrogen-bond acceptors (Lipinski definition) is 6. The second kappa shape index (κ2) is 13.6. The number of halogens is 3. The molecule has 1 spiro atoms. The molecule has 1 atom stereocenters. The second-order valence-corrected chi connectivity index (χ2v) is 14.4. The molecule has 9 nitrogen and oxygen atoms in total. The van der Waals surface area contributed by atoms with Crippen LogP contribution in [-0.4, -0.2) is 48.7 Å². The number of aliphatic imine (C=N–C) groups is 1. The zero-order valence-corrected chi connectivity index (χ0v) is 27.7. The van der Waals surface area contributed by atoms with Crippen molar-refractivity contribution in [3.05, 3.63) is 76.6 Å². The molecule has 2 aliphatic rings. The Kier molecular flexibility index (Phi) is 9.88. The number of amides is 2. The number of H-pyrrole nitrogens is 1. The lowest BCUT2D eigenvalue weighted by Gasteiger charge is -2.46. The Bertz CT molecular complexity index is 1570. The van der Waals surface area contributed by atoms with Crippen LogP contribution in [0.1, 0.15) is 118 Å². The topological polar surface area (TPSA) is 116 Å². The lowest BCUT2D eigenvalue weighted by atomic mass is 9.75. The summed E-state index contributed by atoms with van der Waals surface area (Å²) in [5.74, 6) is 0.660. The van der Waals surface area contributed by atoms with E-state index in [-0.39, 0.29) is 41.1 Å². The van der Waals surface area contributed by atoms with Gasteiger partial charge in [-0.2, -0.15) is 18.4 Å². The van der Waals surface area contributed by atoms with E-state index < -0.39 is 17.4 Å². The van der Waals surface area contributed by atoms with Crippen LogP contribution in [-0.2, 0) is 17.5 Å². The van der Waals surface area contributed by atoms with Gasteiger partial charge < -0.3 is 10.2 Å². The third kappa shape index (κ3) is 7.90. The smallest absolute Gasteiger partial charge is 0.345 e. The highest BCUT2D eigenvalue weighted by atomic mass is 19.4. The Morgan fingerprint density at radius 2 is 1.79 bits per heavy atom. The zero-order chi connectivity index (χ0) is 34.0. The molecule has 1 aliphatic carbocycles. The minimum atomic E-state index is -4.54. The van der Waals surface area contributed by atoms with Gasteiger partial charge in [-0.05, 0) is 85.6 Å². The van der Waals surface area contributed by atoms with Gasteiger partial charge in [0.2, 0.25) is 0 Å². The Morgan fingerprint density at radius 1 is 1.09 bits per heavy atom. The van der Waals surface area contributed by atoms with Crippen molar-refractivity contribution in [1.29, 1.82) is 0 Å². The third-order valence-corrected chi connectivity index (χ3v) is 9.50. The summed E-state index contributed by atoms with van der Waals surface area (Å²) in [6.07, 6.45) is 0.865. The average Bonchev–Trinajstić information content (AvgIpc) is 3.64. The number of carbonyl (C=O) groups is 2. The van der Waals surface area contributed by atoms with Gasteiger partial charge in [0.15, 0.2) is 5.82 Å². The molecular formula is C35H44F3N7O2. The van der Waals surface area contributed by atoms with Crippen LogP contribution >= 0.6 is 0 Å². The van der Waals surface area contributed by atoms with E-state index in [4.69, 9.17) is 4.99 Å². The van der Waals surface area contributed by atoms with Gasteiger partial charge in [0.1, 0.15) is 11.4 Å². The van der Waals surface area contributed by atoms with Crippen LogP contribution in [0.3, 0.4) is 0 Å². The van der Waals surface area contributed by atoms with E-state index >= 15 is 0 Å². The summed E-state index contributed by atoms with van der Waals surface area (Å²) < 4.78 is 41.1. The van der Waals surface area contributed by atoms with Crippen molar-refractivity contribution in [2.24, 2.45) is 22.2 Å². The highest BCUT2D eigenvalue weighted by Gasteiger charge is 2.52. The Hall–Kier alpha value is -4.09. The minimum absolute atomic E-state index is 0.0763. The molecule has 3 aromatic rings. The third-order valence-electron chi connectivity index (χ3n) is 9.50. The average molecular weight is 652 g/mol. The Labute approximate surface area is 273 Å². The molecule has 2 amide bonds. The first-order valence-electron chi connectivity index (χ1n) is 16.4. The van der Waals surface area contributed by atoms with E-state index in [2.05, 4.69) is 60.6 Å². The molecule has 0 radical (unpaired) electrons. The Balaban J connectivity index is 1.50. The SMILES string of the molecule is CC(C)C1CCC2(CC1)N=C(c1cccc(C(F)(F)F)c1)C(=O)N2[C@H](CCCC(C)(C)C)c1ccc(C(=O)NCc2nn[nH]n2)cc1. The highest BCUT2D eigenvalue weighted by molar-refractivity contribution is 6.46. The van der Waals surface area contributed by atoms with Gasteiger partial charge in [-0.3, -0.25) is 14.6 Å². The number of aromatic amines is 1. The number of aromatic nitrogens is 4. The number of carbonyl (C=O) groups excluding carboxylic acids is 2. The lowest BCUT2D eigenvalue weighted by molar-refractivity contribution is -0.137. The molecule has 2 N–H and O–H groups in total. The van der Waals surface area contributed by atoms with Crippen LogP contribution in [0.2, 0.25) is 0 Å². The Morgan fingerprint density at radius 3 is 2.38 bits per heavy atom. The number of nitrogens with one attached hydrogen (secondary N) is 2. The molecule has 2 heterocycles. The fourth-order valence-electron chi connectivity index (χ4n) is 6.84. The van der Waals surface area contributed by atoms with Crippen molar-refractivity contribution in [2.75, 3.05) is 0 Å². The van der Waals surface area contributed by atoms with Gasteiger partial charge in [-0.25, -0.2) is 0 Å². The van der Waals surface area contributed by atoms with Crippen molar-refractivity contribution in [2.45, 2.75) is 104 Å². The molecule has 0 saturated heterocycles. The normalized spacial score (nSPS) is 21.0. The quantitative estimate of drug-likeness (QED) is 0.239. The second-order valence-electron chi connectivity index (χ2n) is 14.4. The fourth-order valence-corrected chi connectivity index (χ4v) is 6.84. The summed E-state index contributed by atoms with van der Waals surface area (Å²) in [6.45, 7) is 11.0. The van der Waals surface area contributed by atoms with Gasteiger partial charge in [0.05, 0.1) is 18.2 Å². The first kappa shape index (κ1) is 34.3. The molecule has 252 valence electrons. The van der Waals surface area contributed by atoms with E-state index in [1.807, 2.05) is 17.0 Å². The van der Waals surface area contributed by atoms with E-state index in [1.54, 1.807) is 18.2 Å². The predicted molar refractivity (Wildman–Crippen MR) is 172 cm³/mol. The van der Waals surface area contributed by atoms with E-state index in [0.717, 1.165) is 43.4 Å². The first-order valence-corrected chi connectivity index (χ1v) is 16.4. The predicted octanol–water partition coefficient (Wildman–Crippen LogP) is 7.28. The molecule has 2 aromatic carbocycles. The summed E-state index contributed by atoms with van der Waals surface area (Å²) in [5, 5.41) is 16.3. The zero-order valence-electron chi connectivity index (χ0n) is 27.7. The van der Waals surface area contributed by atoms with Crippen molar-refractivity contribution in [3.8, 4) is 0 Å². The summed E-state index contributed by atoms with van der Waals surface area (Å²) in [4.78, 5) is 34.3. The number of benzene rings is 2. The molecular weight excluding hydrogens is 607 g/mol. The maximum atomic E-state index is 14.5. The van der Waals surface area contributed by atoms with Crippen LogP contribution in [0.25, 0.3) is 0 Å². The maximum absolute atomic E-state index is 14.5. The van der Waals surface area contributed by atoms with E-state index in [1.165, 1.54) is 6.07 Å². The summed E-state index contributed by atoms with van der Waals surface area (Å²) in [6, 6.07) is 11.7. The molecule has 0 unspecified atom stereocenters. The molecule has 1 saturated carbocycles. The standard InChI is InChI=1S/C35H44F3N7O2/c1-22(2)23-15-18-34(19-16-23)40-30(26-8-6-9-27(20-26)35(36,37)38)32(47)45(34)28(10-7-17-33(3,4)5)24-11-13-25(14-12-24)31(46)39-21-29-41-43-44-42-29/h6,8-9,11-14,20,22-23,28H,7,10,15-19,21H2,1-5H3,(H,39,46)(H,41,42,43,44)/t23?,28-,34?/m1/s1. The monoisotopic (exact) mass is 651 g/mol. The number of tetrazole rings is 1. The highest BCUT2D eigenvalue weighted by Crippen LogP contribution is 2.48.